The minimum absolute atomic E-state index is 0.0534. The molecule has 0 saturated heterocycles. The lowest BCUT2D eigenvalue weighted by atomic mass is 9.47. The zero-order valence-electron chi connectivity index (χ0n) is 16.6. The molecule has 4 aliphatic rings. The van der Waals surface area contributed by atoms with Crippen molar-refractivity contribution in [3.8, 4) is 0 Å². The zero-order chi connectivity index (χ0) is 18.7. The fourth-order valence-corrected chi connectivity index (χ4v) is 7.31. The van der Waals surface area contributed by atoms with Crippen molar-refractivity contribution in [1.29, 1.82) is 0 Å². The maximum atomic E-state index is 12.0. The van der Waals surface area contributed by atoms with Gasteiger partial charge in [-0.15, -0.1) is 0 Å². The summed E-state index contributed by atoms with van der Waals surface area (Å²) in [5, 5.41) is 20.7. The smallest absolute Gasteiger partial charge is 0.156 e. The van der Waals surface area contributed by atoms with E-state index < -0.39 is 5.60 Å². The Morgan fingerprint density at radius 1 is 1.15 bits per heavy atom. The predicted molar refractivity (Wildman–Crippen MR) is 103 cm³/mol. The van der Waals surface area contributed by atoms with Crippen molar-refractivity contribution in [2.75, 3.05) is 6.61 Å². The second-order valence-electron chi connectivity index (χ2n) is 9.94. The van der Waals surface area contributed by atoms with Gasteiger partial charge in [-0.1, -0.05) is 25.5 Å². The highest BCUT2D eigenvalue weighted by Crippen LogP contribution is 2.67. The second-order valence-corrected chi connectivity index (χ2v) is 9.94. The first kappa shape index (κ1) is 18.4. The van der Waals surface area contributed by atoms with Crippen molar-refractivity contribution in [2.24, 2.45) is 28.6 Å². The van der Waals surface area contributed by atoms with E-state index in [0.717, 1.165) is 32.1 Å². The van der Waals surface area contributed by atoms with Crippen molar-refractivity contribution < 1.29 is 15.0 Å². The number of carbonyl (C=O) groups excluding carboxylic acids is 1. The number of aliphatic hydroxyl groups is 2. The molecule has 0 aromatic heterocycles. The number of aliphatic hydroxyl groups excluding tert-OH is 1. The average Bonchev–Trinajstić information content (AvgIpc) is 2.87. The standard InChI is InChI=1S/C23H34O3/c1-15-13-17-18(21(2)9-5-16(25)14-20(15)21)6-10-22(3)19(17)7-11-23(22,26)8-4-12-24/h13-14,17-19,24,26H,4-12H2,1-3H3/t17-,18+,19+,21-,22+,23+/m1/s1. The summed E-state index contributed by atoms with van der Waals surface area (Å²) >= 11 is 0. The molecular formula is C23H34O3. The Hall–Kier alpha value is -0.930. The van der Waals surface area contributed by atoms with E-state index in [1.165, 1.54) is 11.1 Å². The van der Waals surface area contributed by atoms with E-state index in [-0.39, 0.29) is 23.2 Å². The van der Waals surface area contributed by atoms with Gasteiger partial charge in [-0.3, -0.25) is 4.79 Å². The molecule has 4 rings (SSSR count). The third-order valence-corrected chi connectivity index (χ3v) is 8.90. The summed E-state index contributed by atoms with van der Waals surface area (Å²) in [6.07, 6.45) is 11.6. The van der Waals surface area contributed by atoms with Gasteiger partial charge in [-0.2, -0.15) is 0 Å². The van der Waals surface area contributed by atoms with Gasteiger partial charge < -0.3 is 10.2 Å². The molecule has 0 aromatic carbocycles. The van der Waals surface area contributed by atoms with Crippen LogP contribution < -0.4 is 0 Å². The van der Waals surface area contributed by atoms with E-state index in [9.17, 15) is 15.0 Å². The Kier molecular flexibility index (Phi) is 4.28. The van der Waals surface area contributed by atoms with E-state index in [1.54, 1.807) is 0 Å². The summed E-state index contributed by atoms with van der Waals surface area (Å²) in [6, 6.07) is 0. The van der Waals surface area contributed by atoms with Crippen molar-refractivity contribution in [2.45, 2.75) is 77.7 Å². The Morgan fingerprint density at radius 2 is 1.88 bits per heavy atom. The monoisotopic (exact) mass is 358 g/mol. The van der Waals surface area contributed by atoms with E-state index >= 15 is 0 Å². The fraction of sp³-hybridized carbons (Fsp3) is 0.783. The van der Waals surface area contributed by atoms with E-state index in [4.69, 9.17) is 0 Å². The Labute approximate surface area is 157 Å². The summed E-state index contributed by atoms with van der Waals surface area (Å²) in [7, 11) is 0. The summed E-state index contributed by atoms with van der Waals surface area (Å²) in [5.74, 6) is 1.88. The molecule has 2 saturated carbocycles. The first-order valence-corrected chi connectivity index (χ1v) is 10.5. The Bertz CT molecular complexity index is 677. The molecule has 0 radical (unpaired) electrons. The van der Waals surface area contributed by atoms with Crippen LogP contribution in [0, 0.1) is 28.6 Å². The molecular weight excluding hydrogens is 324 g/mol. The van der Waals surface area contributed by atoms with Crippen LogP contribution in [0.2, 0.25) is 0 Å². The van der Waals surface area contributed by atoms with Crippen molar-refractivity contribution in [3.05, 3.63) is 23.3 Å². The normalized spacial score (nSPS) is 47.6. The molecule has 0 aliphatic heterocycles. The highest BCUT2D eigenvalue weighted by molar-refractivity contribution is 5.92. The number of fused-ring (bicyclic) bond motifs is 5. The van der Waals surface area contributed by atoms with Crippen molar-refractivity contribution in [3.63, 3.8) is 0 Å². The van der Waals surface area contributed by atoms with Crippen LogP contribution in [0.3, 0.4) is 0 Å². The van der Waals surface area contributed by atoms with E-state index in [2.05, 4.69) is 26.8 Å². The van der Waals surface area contributed by atoms with Crippen LogP contribution in [-0.4, -0.2) is 28.2 Å². The van der Waals surface area contributed by atoms with Crippen molar-refractivity contribution >= 4 is 5.78 Å². The van der Waals surface area contributed by atoms with E-state index in [1.807, 2.05) is 6.08 Å². The molecule has 4 aliphatic carbocycles. The molecule has 0 spiro atoms. The minimum Gasteiger partial charge on any atom is -0.396 e. The lowest BCUT2D eigenvalue weighted by molar-refractivity contribution is -0.123. The Balaban J connectivity index is 1.72. The largest absolute Gasteiger partial charge is 0.396 e. The zero-order valence-corrected chi connectivity index (χ0v) is 16.6. The van der Waals surface area contributed by atoms with Gasteiger partial charge >= 0.3 is 0 Å². The number of allylic oxidation sites excluding steroid dienone is 4. The quantitative estimate of drug-likeness (QED) is 0.795. The van der Waals surface area contributed by atoms with Crippen LogP contribution in [0.25, 0.3) is 0 Å². The summed E-state index contributed by atoms with van der Waals surface area (Å²) in [5.41, 5.74) is 2.00. The highest BCUT2D eigenvalue weighted by atomic mass is 16.3. The van der Waals surface area contributed by atoms with Crippen LogP contribution in [0.15, 0.2) is 23.3 Å². The second kappa shape index (κ2) is 6.04. The van der Waals surface area contributed by atoms with Crippen LogP contribution in [0.1, 0.15) is 72.1 Å². The molecule has 0 amide bonds. The van der Waals surface area contributed by atoms with Gasteiger partial charge in [0.25, 0.3) is 0 Å². The lowest BCUT2D eigenvalue weighted by Crippen LogP contribution is -2.54. The van der Waals surface area contributed by atoms with Crippen molar-refractivity contribution in [1.82, 2.24) is 0 Å². The van der Waals surface area contributed by atoms with Crippen LogP contribution in [0.4, 0.5) is 0 Å². The molecule has 0 unspecified atom stereocenters. The summed E-state index contributed by atoms with van der Waals surface area (Å²) in [4.78, 5) is 12.0. The number of rotatable bonds is 3. The predicted octanol–water partition coefficient (Wildman–Crippen LogP) is 4.19. The molecule has 144 valence electrons. The minimum atomic E-state index is -0.632. The van der Waals surface area contributed by atoms with Gasteiger partial charge in [0.2, 0.25) is 0 Å². The molecule has 0 heterocycles. The number of hydrogen-bond donors (Lipinski definition) is 2. The lowest BCUT2D eigenvalue weighted by Gasteiger charge is -2.58. The molecule has 3 heteroatoms. The molecule has 2 fully saturated rings. The molecule has 26 heavy (non-hydrogen) atoms. The third kappa shape index (κ3) is 2.36. The number of carbonyl (C=O) groups is 1. The maximum absolute atomic E-state index is 12.0. The maximum Gasteiger partial charge on any atom is 0.156 e. The summed E-state index contributed by atoms with van der Waals surface area (Å²) < 4.78 is 0. The van der Waals surface area contributed by atoms with Gasteiger partial charge in [-0.25, -0.2) is 0 Å². The van der Waals surface area contributed by atoms with Gasteiger partial charge in [0.15, 0.2) is 5.78 Å². The van der Waals surface area contributed by atoms with Gasteiger partial charge in [-0.05, 0) is 92.1 Å². The molecule has 3 nitrogen and oxygen atoms in total. The average molecular weight is 359 g/mol. The van der Waals surface area contributed by atoms with Crippen LogP contribution >= 0.6 is 0 Å². The van der Waals surface area contributed by atoms with Gasteiger partial charge in [0.1, 0.15) is 0 Å². The highest BCUT2D eigenvalue weighted by Gasteiger charge is 2.63. The first-order valence-electron chi connectivity index (χ1n) is 10.5. The number of ketones is 1. The topological polar surface area (TPSA) is 57.5 Å². The van der Waals surface area contributed by atoms with Crippen LogP contribution in [-0.2, 0) is 4.79 Å². The molecule has 0 bridgehead atoms. The molecule has 2 N–H and O–H groups in total. The van der Waals surface area contributed by atoms with E-state index in [0.29, 0.717) is 37.0 Å². The number of hydrogen-bond acceptors (Lipinski definition) is 3. The van der Waals surface area contributed by atoms with Crippen LogP contribution in [0.5, 0.6) is 0 Å². The van der Waals surface area contributed by atoms with Gasteiger partial charge in [0.05, 0.1) is 5.60 Å². The SMILES string of the molecule is CC1=C[C@@H]2[C@H](CC[C@@]3(C)[C@H]2CC[C@@]3(O)CCCO)[C@@]2(C)CCC(=O)C=C12. The fourth-order valence-electron chi connectivity index (χ4n) is 7.31. The first-order chi connectivity index (χ1) is 12.2. The van der Waals surface area contributed by atoms with Gasteiger partial charge in [0, 0.05) is 13.0 Å². The molecule has 0 aromatic rings. The Morgan fingerprint density at radius 3 is 2.62 bits per heavy atom. The summed E-state index contributed by atoms with van der Waals surface area (Å²) in [6.45, 7) is 7.03. The third-order valence-electron chi connectivity index (χ3n) is 8.90. The molecule has 6 atom stereocenters.